The van der Waals surface area contributed by atoms with E-state index in [4.69, 9.17) is 0 Å². The third kappa shape index (κ3) is 4.30. The molecule has 6 nitrogen and oxygen atoms in total. The summed E-state index contributed by atoms with van der Waals surface area (Å²) in [6.45, 7) is 3.82. The van der Waals surface area contributed by atoms with Crippen LogP contribution in [0.1, 0.15) is 58.1 Å². The number of aryl methyl sites for hydroxylation is 1. The number of rotatable bonds is 5. The third-order valence-corrected chi connectivity index (χ3v) is 3.70. The van der Waals surface area contributed by atoms with E-state index in [-0.39, 0.29) is 5.91 Å². The van der Waals surface area contributed by atoms with Crippen molar-refractivity contribution in [1.29, 1.82) is 0 Å². The lowest BCUT2D eigenvalue weighted by atomic mass is 9.95. The molecule has 20 heavy (non-hydrogen) atoms. The molecule has 0 aliphatic heterocycles. The van der Waals surface area contributed by atoms with Gasteiger partial charge in [0, 0.05) is 12.5 Å². The number of amides is 1. The molecule has 1 saturated carbocycles. The number of nitrogens with zero attached hydrogens (tertiary/aromatic N) is 3. The number of hydrogen-bond donors (Lipinski definition) is 2. The van der Waals surface area contributed by atoms with Crippen LogP contribution in [0.5, 0.6) is 0 Å². The largest absolute Gasteiger partial charge is 0.384 e. The highest BCUT2D eigenvalue weighted by Gasteiger charge is 2.20. The van der Waals surface area contributed by atoms with Crippen LogP contribution in [-0.2, 0) is 16.9 Å². The van der Waals surface area contributed by atoms with E-state index < -0.39 is 5.60 Å². The Morgan fingerprint density at radius 3 is 2.75 bits per heavy atom. The van der Waals surface area contributed by atoms with E-state index in [0.29, 0.717) is 24.7 Å². The van der Waals surface area contributed by atoms with Crippen LogP contribution in [0, 0.1) is 0 Å². The van der Waals surface area contributed by atoms with E-state index in [0.717, 1.165) is 12.8 Å². The first-order valence-corrected chi connectivity index (χ1v) is 7.37. The Bertz CT molecular complexity index is 444. The quantitative estimate of drug-likeness (QED) is 0.853. The number of carbonyl (C=O) groups is 1. The smallest absolute Gasteiger partial charge is 0.222 e. The predicted molar refractivity (Wildman–Crippen MR) is 74.9 cm³/mol. The molecule has 1 fully saturated rings. The van der Waals surface area contributed by atoms with Crippen molar-refractivity contribution < 1.29 is 9.90 Å². The van der Waals surface area contributed by atoms with Crippen molar-refractivity contribution in [3.63, 3.8) is 0 Å². The van der Waals surface area contributed by atoms with Crippen LogP contribution < -0.4 is 5.32 Å². The zero-order valence-electron chi connectivity index (χ0n) is 12.3. The summed E-state index contributed by atoms with van der Waals surface area (Å²) in [5, 5.41) is 20.7. The number of hydrogen-bond acceptors (Lipinski definition) is 4. The Morgan fingerprint density at radius 1 is 1.45 bits per heavy atom. The normalized spacial score (nSPS) is 17.1. The molecule has 0 unspecified atom stereocenters. The SMILES string of the molecule is CC(C)(O)c1cn(CCC(=O)NC2CCCCC2)nn1. The van der Waals surface area contributed by atoms with Gasteiger partial charge in [0.2, 0.25) is 5.91 Å². The van der Waals surface area contributed by atoms with Crippen molar-refractivity contribution in [3.05, 3.63) is 11.9 Å². The molecule has 2 N–H and O–H groups in total. The Hall–Kier alpha value is -1.43. The van der Waals surface area contributed by atoms with Crippen molar-refractivity contribution in [2.24, 2.45) is 0 Å². The highest BCUT2D eigenvalue weighted by atomic mass is 16.3. The van der Waals surface area contributed by atoms with Crippen LogP contribution in [0.2, 0.25) is 0 Å². The second-order valence-corrected chi connectivity index (χ2v) is 6.08. The average molecular weight is 280 g/mol. The highest BCUT2D eigenvalue weighted by Crippen LogP contribution is 2.18. The maximum atomic E-state index is 11.9. The molecule has 2 rings (SSSR count). The fourth-order valence-electron chi connectivity index (χ4n) is 2.45. The Labute approximate surface area is 119 Å². The molecule has 1 heterocycles. The summed E-state index contributed by atoms with van der Waals surface area (Å²) >= 11 is 0. The van der Waals surface area contributed by atoms with Gasteiger partial charge in [0.05, 0.1) is 12.7 Å². The minimum absolute atomic E-state index is 0.0669. The number of nitrogens with one attached hydrogen (secondary N) is 1. The van der Waals surface area contributed by atoms with E-state index >= 15 is 0 Å². The first-order chi connectivity index (χ1) is 9.45. The minimum atomic E-state index is -0.997. The zero-order chi connectivity index (χ0) is 14.6. The predicted octanol–water partition coefficient (Wildman–Crippen LogP) is 1.34. The molecule has 1 aliphatic carbocycles. The molecule has 0 spiro atoms. The van der Waals surface area contributed by atoms with Crippen LogP contribution in [0.25, 0.3) is 0 Å². The standard InChI is InChI=1S/C14H24N4O2/c1-14(2,20)12-10-18(17-16-12)9-8-13(19)15-11-6-4-3-5-7-11/h10-11,20H,3-9H2,1-2H3,(H,15,19). The summed E-state index contributed by atoms with van der Waals surface area (Å²) in [5.74, 6) is 0.0669. The fourth-order valence-corrected chi connectivity index (χ4v) is 2.45. The summed E-state index contributed by atoms with van der Waals surface area (Å²) in [5.41, 5.74) is -0.479. The summed E-state index contributed by atoms with van der Waals surface area (Å²) in [6, 6.07) is 0.346. The zero-order valence-corrected chi connectivity index (χ0v) is 12.3. The van der Waals surface area contributed by atoms with E-state index in [1.165, 1.54) is 19.3 Å². The van der Waals surface area contributed by atoms with Gasteiger partial charge in [-0.2, -0.15) is 0 Å². The number of carbonyl (C=O) groups excluding carboxylic acids is 1. The summed E-state index contributed by atoms with van der Waals surface area (Å²) in [4.78, 5) is 11.9. The maximum Gasteiger partial charge on any atom is 0.222 e. The molecule has 0 radical (unpaired) electrons. The van der Waals surface area contributed by atoms with Gasteiger partial charge in [0.15, 0.2) is 0 Å². The van der Waals surface area contributed by atoms with Crippen LogP contribution >= 0.6 is 0 Å². The molecule has 112 valence electrons. The molecular weight excluding hydrogens is 256 g/mol. The van der Waals surface area contributed by atoms with Crippen LogP contribution in [0.3, 0.4) is 0 Å². The van der Waals surface area contributed by atoms with Gasteiger partial charge < -0.3 is 10.4 Å². The monoisotopic (exact) mass is 280 g/mol. The molecule has 0 saturated heterocycles. The van der Waals surface area contributed by atoms with Crippen molar-refractivity contribution in [1.82, 2.24) is 20.3 Å². The average Bonchev–Trinajstić information content (AvgIpc) is 2.86. The molecular formula is C14H24N4O2. The number of aromatic nitrogens is 3. The first-order valence-electron chi connectivity index (χ1n) is 7.37. The van der Waals surface area contributed by atoms with Crippen LogP contribution in [0.15, 0.2) is 6.20 Å². The summed E-state index contributed by atoms with van der Waals surface area (Å²) < 4.78 is 1.60. The van der Waals surface area contributed by atoms with E-state index in [2.05, 4.69) is 15.6 Å². The molecule has 1 aromatic heterocycles. The van der Waals surface area contributed by atoms with Crippen LogP contribution in [-0.4, -0.2) is 32.0 Å². The topological polar surface area (TPSA) is 80.0 Å². The number of aliphatic hydroxyl groups is 1. The van der Waals surface area contributed by atoms with Crippen LogP contribution in [0.4, 0.5) is 0 Å². The molecule has 0 aromatic carbocycles. The van der Waals surface area contributed by atoms with Crippen molar-refractivity contribution in [3.8, 4) is 0 Å². The van der Waals surface area contributed by atoms with E-state index in [9.17, 15) is 9.90 Å². The van der Waals surface area contributed by atoms with Crippen molar-refractivity contribution in [2.45, 2.75) is 70.6 Å². The van der Waals surface area contributed by atoms with Gasteiger partial charge in [0.1, 0.15) is 11.3 Å². The first kappa shape index (κ1) is 15.0. The van der Waals surface area contributed by atoms with Gasteiger partial charge in [0.25, 0.3) is 0 Å². The molecule has 1 amide bonds. The molecule has 6 heteroatoms. The van der Waals surface area contributed by atoms with Gasteiger partial charge in [-0.05, 0) is 26.7 Å². The van der Waals surface area contributed by atoms with Gasteiger partial charge in [-0.1, -0.05) is 24.5 Å². The molecule has 0 bridgehead atoms. The molecule has 1 aliphatic rings. The Morgan fingerprint density at radius 2 is 2.15 bits per heavy atom. The van der Waals surface area contributed by atoms with E-state index in [1.807, 2.05) is 0 Å². The lowest BCUT2D eigenvalue weighted by molar-refractivity contribution is -0.122. The fraction of sp³-hybridized carbons (Fsp3) is 0.786. The Kier molecular flexibility index (Phi) is 4.75. The summed E-state index contributed by atoms with van der Waals surface area (Å²) in [7, 11) is 0. The lowest BCUT2D eigenvalue weighted by Gasteiger charge is -2.22. The van der Waals surface area contributed by atoms with E-state index in [1.54, 1.807) is 24.7 Å². The van der Waals surface area contributed by atoms with Gasteiger partial charge in [-0.15, -0.1) is 5.10 Å². The lowest BCUT2D eigenvalue weighted by Crippen LogP contribution is -2.36. The second kappa shape index (κ2) is 6.35. The third-order valence-electron chi connectivity index (χ3n) is 3.70. The summed E-state index contributed by atoms with van der Waals surface area (Å²) in [6.07, 6.45) is 7.98. The van der Waals surface area contributed by atoms with Crippen molar-refractivity contribution in [2.75, 3.05) is 0 Å². The Balaban J connectivity index is 1.76. The highest BCUT2D eigenvalue weighted by molar-refractivity contribution is 5.76. The molecule has 1 aromatic rings. The molecule has 0 atom stereocenters. The van der Waals surface area contributed by atoms with Gasteiger partial charge in [-0.25, -0.2) is 0 Å². The minimum Gasteiger partial charge on any atom is -0.384 e. The second-order valence-electron chi connectivity index (χ2n) is 6.08. The van der Waals surface area contributed by atoms with Gasteiger partial charge >= 0.3 is 0 Å². The van der Waals surface area contributed by atoms with Crippen molar-refractivity contribution >= 4 is 5.91 Å². The van der Waals surface area contributed by atoms with Gasteiger partial charge in [-0.3, -0.25) is 9.48 Å². The maximum absolute atomic E-state index is 11.9.